The van der Waals surface area contributed by atoms with Gasteiger partial charge in [0.15, 0.2) is 5.82 Å². The zero-order valence-corrected chi connectivity index (χ0v) is 16.9. The predicted molar refractivity (Wildman–Crippen MR) is 108 cm³/mol. The van der Waals surface area contributed by atoms with Crippen LogP contribution in [-0.2, 0) is 6.42 Å². The standard InChI is InChI=1S/C20H16F2N6OS/c1-11-19(30-18(23-11)9-13-3-5-14(21)6-4-13)20(29)24-15-7-8-16(22)17(10-15)28-12(2)25-26-27-28/h3-8,10H,9H2,1-2H3,(H,24,29). The van der Waals surface area contributed by atoms with Crippen molar-refractivity contribution >= 4 is 22.9 Å². The number of benzene rings is 2. The van der Waals surface area contributed by atoms with Gasteiger partial charge in [-0.25, -0.2) is 13.8 Å². The van der Waals surface area contributed by atoms with E-state index in [1.165, 1.54) is 46.4 Å². The van der Waals surface area contributed by atoms with Crippen molar-refractivity contribution in [3.63, 3.8) is 0 Å². The molecular weight excluding hydrogens is 410 g/mol. The van der Waals surface area contributed by atoms with Crippen molar-refractivity contribution in [2.75, 3.05) is 5.32 Å². The molecule has 0 aliphatic carbocycles. The number of tetrazole rings is 1. The molecule has 0 bridgehead atoms. The highest BCUT2D eigenvalue weighted by atomic mass is 32.1. The van der Waals surface area contributed by atoms with E-state index in [4.69, 9.17) is 0 Å². The fraction of sp³-hybridized carbons (Fsp3) is 0.150. The second-order valence-corrected chi connectivity index (χ2v) is 7.67. The van der Waals surface area contributed by atoms with Crippen molar-refractivity contribution in [1.29, 1.82) is 0 Å². The van der Waals surface area contributed by atoms with Crippen LogP contribution in [0.1, 0.15) is 31.8 Å². The number of rotatable bonds is 5. The smallest absolute Gasteiger partial charge is 0.267 e. The first kappa shape index (κ1) is 19.8. The molecule has 10 heteroatoms. The molecule has 7 nitrogen and oxygen atoms in total. The lowest BCUT2D eigenvalue weighted by Crippen LogP contribution is -2.12. The van der Waals surface area contributed by atoms with Gasteiger partial charge in [-0.2, -0.15) is 4.68 Å². The van der Waals surface area contributed by atoms with Gasteiger partial charge in [-0.3, -0.25) is 4.79 Å². The van der Waals surface area contributed by atoms with E-state index >= 15 is 0 Å². The molecule has 0 radical (unpaired) electrons. The highest BCUT2D eigenvalue weighted by Crippen LogP contribution is 2.24. The zero-order chi connectivity index (χ0) is 21.3. The number of aryl methyl sites for hydroxylation is 2. The quantitative estimate of drug-likeness (QED) is 0.524. The Hall–Kier alpha value is -3.53. The number of amides is 1. The van der Waals surface area contributed by atoms with Crippen LogP contribution in [0.3, 0.4) is 0 Å². The molecule has 0 spiro atoms. The Kier molecular flexibility index (Phi) is 5.32. The van der Waals surface area contributed by atoms with Gasteiger partial charge in [0.1, 0.15) is 22.2 Å². The van der Waals surface area contributed by atoms with E-state index in [-0.39, 0.29) is 17.4 Å². The Morgan fingerprint density at radius 3 is 2.60 bits per heavy atom. The first-order valence-electron chi connectivity index (χ1n) is 8.97. The number of aromatic nitrogens is 5. The van der Waals surface area contributed by atoms with Crippen molar-refractivity contribution in [3.05, 3.63) is 81.1 Å². The summed E-state index contributed by atoms with van der Waals surface area (Å²) in [4.78, 5) is 17.7. The lowest BCUT2D eigenvalue weighted by Gasteiger charge is -2.08. The molecule has 1 amide bonds. The molecule has 0 saturated carbocycles. The maximum atomic E-state index is 14.2. The van der Waals surface area contributed by atoms with Gasteiger partial charge in [0.05, 0.1) is 10.7 Å². The molecule has 2 aromatic heterocycles. The summed E-state index contributed by atoms with van der Waals surface area (Å²) in [6.07, 6.45) is 0.498. The van der Waals surface area contributed by atoms with E-state index in [2.05, 4.69) is 25.8 Å². The second-order valence-electron chi connectivity index (χ2n) is 6.58. The van der Waals surface area contributed by atoms with Crippen molar-refractivity contribution in [2.45, 2.75) is 20.3 Å². The second kappa shape index (κ2) is 8.07. The maximum Gasteiger partial charge on any atom is 0.267 e. The van der Waals surface area contributed by atoms with Crippen LogP contribution in [0, 0.1) is 25.5 Å². The maximum absolute atomic E-state index is 14.2. The molecule has 1 N–H and O–H groups in total. The van der Waals surface area contributed by atoms with Crippen LogP contribution >= 0.6 is 11.3 Å². The predicted octanol–water partition coefficient (Wildman–Crippen LogP) is 3.86. The minimum absolute atomic E-state index is 0.133. The van der Waals surface area contributed by atoms with E-state index in [9.17, 15) is 13.6 Å². The van der Waals surface area contributed by atoms with Crippen LogP contribution in [0.15, 0.2) is 42.5 Å². The van der Waals surface area contributed by atoms with Crippen molar-refractivity contribution in [1.82, 2.24) is 25.2 Å². The van der Waals surface area contributed by atoms with E-state index in [0.717, 1.165) is 10.6 Å². The molecule has 0 saturated heterocycles. The number of hydrogen-bond acceptors (Lipinski definition) is 6. The number of nitrogens with zero attached hydrogens (tertiary/aromatic N) is 5. The molecule has 2 aromatic carbocycles. The molecule has 2 heterocycles. The Morgan fingerprint density at radius 2 is 1.90 bits per heavy atom. The number of halogens is 2. The first-order chi connectivity index (χ1) is 14.4. The summed E-state index contributed by atoms with van der Waals surface area (Å²) < 4.78 is 28.5. The van der Waals surface area contributed by atoms with Crippen molar-refractivity contribution in [2.24, 2.45) is 0 Å². The fourth-order valence-electron chi connectivity index (χ4n) is 2.91. The Bertz CT molecular complexity index is 1220. The average molecular weight is 426 g/mol. The molecule has 0 aliphatic heterocycles. The van der Waals surface area contributed by atoms with Gasteiger partial charge >= 0.3 is 0 Å². The monoisotopic (exact) mass is 426 g/mol. The van der Waals surface area contributed by atoms with E-state index in [1.54, 1.807) is 26.0 Å². The van der Waals surface area contributed by atoms with Crippen LogP contribution < -0.4 is 5.32 Å². The molecule has 0 aliphatic rings. The largest absolute Gasteiger partial charge is 0.321 e. The minimum atomic E-state index is -0.515. The lowest BCUT2D eigenvalue weighted by molar-refractivity contribution is 0.103. The molecule has 0 fully saturated rings. The Morgan fingerprint density at radius 1 is 1.13 bits per heavy atom. The summed E-state index contributed by atoms with van der Waals surface area (Å²) in [6, 6.07) is 10.3. The van der Waals surface area contributed by atoms with Crippen LogP contribution in [-0.4, -0.2) is 31.1 Å². The zero-order valence-electron chi connectivity index (χ0n) is 16.1. The Labute approximate surface area is 174 Å². The van der Waals surface area contributed by atoms with Gasteiger partial charge in [0.2, 0.25) is 0 Å². The number of anilines is 1. The lowest BCUT2D eigenvalue weighted by atomic mass is 10.1. The van der Waals surface area contributed by atoms with Gasteiger partial charge < -0.3 is 5.32 Å². The van der Waals surface area contributed by atoms with Crippen molar-refractivity contribution in [3.8, 4) is 5.69 Å². The SMILES string of the molecule is Cc1nc(Cc2ccc(F)cc2)sc1C(=O)Nc1ccc(F)c(-n2nnnc2C)c1. The highest BCUT2D eigenvalue weighted by molar-refractivity contribution is 7.14. The molecule has 30 heavy (non-hydrogen) atoms. The van der Waals surface area contributed by atoms with E-state index < -0.39 is 5.82 Å². The number of nitrogens with one attached hydrogen (secondary N) is 1. The van der Waals surface area contributed by atoms with Crippen LogP contribution in [0.5, 0.6) is 0 Å². The highest BCUT2D eigenvalue weighted by Gasteiger charge is 2.17. The molecular formula is C20H16F2N6OS. The van der Waals surface area contributed by atoms with Crippen LogP contribution in [0.25, 0.3) is 5.69 Å². The van der Waals surface area contributed by atoms with Gasteiger partial charge in [-0.15, -0.1) is 16.4 Å². The van der Waals surface area contributed by atoms with Crippen LogP contribution in [0.4, 0.5) is 14.5 Å². The summed E-state index contributed by atoms with van der Waals surface area (Å²) in [5.74, 6) is -0.744. The van der Waals surface area contributed by atoms with Gasteiger partial charge in [0.25, 0.3) is 5.91 Å². The number of thiazole rings is 1. The van der Waals surface area contributed by atoms with Gasteiger partial charge in [-0.1, -0.05) is 12.1 Å². The summed E-state index contributed by atoms with van der Waals surface area (Å²) >= 11 is 1.26. The first-order valence-corrected chi connectivity index (χ1v) is 9.79. The van der Waals surface area contributed by atoms with Gasteiger partial charge in [-0.05, 0) is 60.2 Å². The summed E-state index contributed by atoms with van der Waals surface area (Å²) in [5.41, 5.74) is 2.03. The van der Waals surface area contributed by atoms with Crippen LogP contribution in [0.2, 0.25) is 0 Å². The number of carbonyl (C=O) groups excluding carboxylic acids is 1. The molecule has 0 atom stereocenters. The minimum Gasteiger partial charge on any atom is -0.321 e. The average Bonchev–Trinajstić information content (AvgIpc) is 3.30. The van der Waals surface area contributed by atoms with Gasteiger partial charge in [0, 0.05) is 12.1 Å². The molecule has 152 valence electrons. The Balaban J connectivity index is 1.54. The summed E-state index contributed by atoms with van der Waals surface area (Å²) in [7, 11) is 0. The topological polar surface area (TPSA) is 85.6 Å². The van der Waals surface area contributed by atoms with Crippen molar-refractivity contribution < 1.29 is 13.6 Å². The van der Waals surface area contributed by atoms with E-state index in [1.807, 2.05) is 0 Å². The third-order valence-electron chi connectivity index (χ3n) is 4.37. The van der Waals surface area contributed by atoms with E-state index in [0.29, 0.717) is 28.5 Å². The fourth-order valence-corrected chi connectivity index (χ4v) is 3.90. The molecule has 4 aromatic rings. The third-order valence-corrected chi connectivity index (χ3v) is 5.53. The summed E-state index contributed by atoms with van der Waals surface area (Å²) in [5, 5.41) is 14.5. The third kappa shape index (κ3) is 4.08. The number of carbonyl (C=O) groups is 1. The number of hydrogen-bond donors (Lipinski definition) is 1. The normalized spacial score (nSPS) is 10.9. The molecule has 0 unspecified atom stereocenters. The molecule has 4 rings (SSSR count). The summed E-state index contributed by atoms with van der Waals surface area (Å²) in [6.45, 7) is 3.40.